The Morgan fingerprint density at radius 1 is 1.53 bits per heavy atom. The van der Waals surface area contributed by atoms with Gasteiger partial charge < -0.3 is 11.1 Å². The molecule has 0 bridgehead atoms. The molecule has 0 aliphatic heterocycles. The number of thiocarbonyl (C=S) groups is 1. The lowest BCUT2D eigenvalue weighted by Crippen LogP contribution is -2.10. The van der Waals surface area contributed by atoms with Crippen molar-refractivity contribution in [2.45, 2.75) is 12.8 Å². The lowest BCUT2D eigenvalue weighted by Gasteiger charge is -2.08. The minimum absolute atomic E-state index is 0.380. The third-order valence-corrected chi connectivity index (χ3v) is 3.08. The number of halogens is 1. The number of nitrogens with one attached hydrogen (secondary N) is 1. The molecule has 1 fully saturated rings. The summed E-state index contributed by atoms with van der Waals surface area (Å²) in [7, 11) is 0. The first-order chi connectivity index (χ1) is 7.16. The Balaban J connectivity index is 2.07. The Hall–Kier alpha value is -0.800. The number of rotatable bonds is 4. The zero-order valence-corrected chi connectivity index (χ0v) is 9.87. The maximum absolute atomic E-state index is 6.10. The molecule has 0 unspecified atom stereocenters. The van der Waals surface area contributed by atoms with Crippen LogP contribution >= 0.6 is 23.8 Å². The molecule has 0 radical (unpaired) electrons. The maximum Gasteiger partial charge on any atom is 0.104 e. The van der Waals surface area contributed by atoms with Crippen molar-refractivity contribution in [1.29, 1.82) is 0 Å². The normalized spacial score (nSPS) is 15.0. The molecule has 80 valence electrons. The van der Waals surface area contributed by atoms with Crippen LogP contribution in [0.4, 0.5) is 5.69 Å². The minimum Gasteiger partial charge on any atom is -0.389 e. The van der Waals surface area contributed by atoms with E-state index in [1.54, 1.807) is 6.07 Å². The molecule has 2 rings (SSSR count). The molecule has 4 heteroatoms. The van der Waals surface area contributed by atoms with Crippen molar-refractivity contribution in [3.8, 4) is 0 Å². The fourth-order valence-corrected chi connectivity index (χ4v) is 1.76. The highest BCUT2D eigenvalue weighted by atomic mass is 35.5. The van der Waals surface area contributed by atoms with Crippen molar-refractivity contribution in [2.75, 3.05) is 11.9 Å². The fourth-order valence-electron chi connectivity index (χ4n) is 1.39. The standard InChI is InChI=1S/C11H13ClN2S/c12-9-5-8(11(13)15)3-4-10(9)14-6-7-1-2-7/h3-5,7,14H,1-2,6H2,(H2,13,15). The molecule has 0 heterocycles. The second-order valence-corrected chi connectivity index (χ2v) is 4.73. The van der Waals surface area contributed by atoms with Crippen LogP contribution in [0.15, 0.2) is 18.2 Å². The molecular weight excluding hydrogens is 228 g/mol. The Morgan fingerprint density at radius 3 is 2.80 bits per heavy atom. The van der Waals surface area contributed by atoms with Gasteiger partial charge in [0.15, 0.2) is 0 Å². The van der Waals surface area contributed by atoms with Gasteiger partial charge in [0.25, 0.3) is 0 Å². The van der Waals surface area contributed by atoms with Crippen LogP contribution in [0.2, 0.25) is 5.02 Å². The van der Waals surface area contributed by atoms with E-state index in [2.05, 4.69) is 5.32 Å². The Labute approximate surface area is 99.8 Å². The predicted molar refractivity (Wildman–Crippen MR) is 68.6 cm³/mol. The van der Waals surface area contributed by atoms with E-state index in [1.165, 1.54) is 12.8 Å². The molecule has 1 aromatic rings. The summed E-state index contributed by atoms with van der Waals surface area (Å²) in [4.78, 5) is 0.380. The lowest BCUT2D eigenvalue weighted by atomic mass is 10.2. The van der Waals surface area contributed by atoms with Gasteiger partial charge in [0.2, 0.25) is 0 Å². The number of anilines is 1. The molecule has 1 aliphatic rings. The van der Waals surface area contributed by atoms with Gasteiger partial charge in [0, 0.05) is 12.1 Å². The Morgan fingerprint density at radius 2 is 2.27 bits per heavy atom. The summed E-state index contributed by atoms with van der Waals surface area (Å²) in [6.45, 7) is 1.01. The quantitative estimate of drug-likeness (QED) is 0.795. The highest BCUT2D eigenvalue weighted by Crippen LogP contribution is 2.30. The number of nitrogens with two attached hydrogens (primary N) is 1. The van der Waals surface area contributed by atoms with E-state index in [1.807, 2.05) is 12.1 Å². The second kappa shape index (κ2) is 4.37. The van der Waals surface area contributed by atoms with Crippen molar-refractivity contribution in [1.82, 2.24) is 0 Å². The van der Waals surface area contributed by atoms with Gasteiger partial charge in [-0.2, -0.15) is 0 Å². The highest BCUT2D eigenvalue weighted by Gasteiger charge is 2.20. The summed E-state index contributed by atoms with van der Waals surface area (Å²) in [6, 6.07) is 5.63. The lowest BCUT2D eigenvalue weighted by molar-refractivity contribution is 0.889. The molecule has 0 saturated heterocycles. The molecule has 1 aliphatic carbocycles. The summed E-state index contributed by atoms with van der Waals surface area (Å²) in [5, 5.41) is 4.01. The third kappa shape index (κ3) is 2.83. The summed E-state index contributed by atoms with van der Waals surface area (Å²) in [5.41, 5.74) is 7.29. The molecule has 2 nitrogen and oxygen atoms in total. The van der Waals surface area contributed by atoms with Crippen molar-refractivity contribution in [3.05, 3.63) is 28.8 Å². The van der Waals surface area contributed by atoms with Crippen LogP contribution < -0.4 is 11.1 Å². The molecule has 0 amide bonds. The molecule has 1 saturated carbocycles. The molecule has 0 atom stereocenters. The Bertz CT molecular complexity index is 388. The van der Waals surface area contributed by atoms with Crippen LogP contribution in [0, 0.1) is 5.92 Å². The molecule has 15 heavy (non-hydrogen) atoms. The summed E-state index contributed by atoms with van der Waals surface area (Å²) in [5.74, 6) is 0.830. The van der Waals surface area contributed by atoms with E-state index < -0.39 is 0 Å². The summed E-state index contributed by atoms with van der Waals surface area (Å²) in [6.07, 6.45) is 2.66. The van der Waals surface area contributed by atoms with Gasteiger partial charge in [-0.25, -0.2) is 0 Å². The highest BCUT2D eigenvalue weighted by molar-refractivity contribution is 7.80. The van der Waals surface area contributed by atoms with Crippen molar-refractivity contribution in [3.63, 3.8) is 0 Å². The first-order valence-corrected chi connectivity index (χ1v) is 5.78. The number of hydrogen-bond acceptors (Lipinski definition) is 2. The van der Waals surface area contributed by atoms with Crippen LogP contribution in [-0.2, 0) is 0 Å². The first kappa shape index (κ1) is 10.7. The van der Waals surface area contributed by atoms with Crippen LogP contribution in [0.1, 0.15) is 18.4 Å². The van der Waals surface area contributed by atoms with Crippen LogP contribution in [0.3, 0.4) is 0 Å². The first-order valence-electron chi connectivity index (χ1n) is 5.00. The van der Waals surface area contributed by atoms with E-state index in [0.717, 1.165) is 23.7 Å². The molecular formula is C11H13ClN2S. The summed E-state index contributed by atoms with van der Waals surface area (Å²) >= 11 is 11.0. The van der Waals surface area contributed by atoms with E-state index in [-0.39, 0.29) is 0 Å². The largest absolute Gasteiger partial charge is 0.389 e. The van der Waals surface area contributed by atoms with Crippen LogP contribution in [0.5, 0.6) is 0 Å². The van der Waals surface area contributed by atoms with Gasteiger partial charge in [0.05, 0.1) is 10.7 Å². The van der Waals surface area contributed by atoms with Gasteiger partial charge in [-0.15, -0.1) is 0 Å². The van der Waals surface area contributed by atoms with Crippen molar-refractivity contribution < 1.29 is 0 Å². The van der Waals surface area contributed by atoms with Crippen molar-refractivity contribution >= 4 is 34.5 Å². The fraction of sp³-hybridized carbons (Fsp3) is 0.364. The van der Waals surface area contributed by atoms with Crippen LogP contribution in [0.25, 0.3) is 0 Å². The molecule has 1 aromatic carbocycles. The maximum atomic E-state index is 6.10. The third-order valence-electron chi connectivity index (χ3n) is 2.53. The van der Waals surface area contributed by atoms with Gasteiger partial charge >= 0.3 is 0 Å². The number of hydrogen-bond donors (Lipinski definition) is 2. The molecule has 0 aromatic heterocycles. The van der Waals surface area contributed by atoms with E-state index in [9.17, 15) is 0 Å². The van der Waals surface area contributed by atoms with Gasteiger partial charge in [0.1, 0.15) is 4.99 Å². The van der Waals surface area contributed by atoms with Crippen LogP contribution in [-0.4, -0.2) is 11.5 Å². The van der Waals surface area contributed by atoms with Gasteiger partial charge in [-0.1, -0.05) is 23.8 Å². The predicted octanol–water partition coefficient (Wildman–Crippen LogP) is 2.80. The smallest absolute Gasteiger partial charge is 0.104 e. The zero-order chi connectivity index (χ0) is 10.8. The molecule has 0 spiro atoms. The average Bonchev–Trinajstić information content (AvgIpc) is 2.99. The topological polar surface area (TPSA) is 38.0 Å². The van der Waals surface area contributed by atoms with E-state index in [4.69, 9.17) is 29.6 Å². The van der Waals surface area contributed by atoms with E-state index in [0.29, 0.717) is 10.0 Å². The minimum atomic E-state index is 0.380. The van der Waals surface area contributed by atoms with Gasteiger partial charge in [-0.3, -0.25) is 0 Å². The summed E-state index contributed by atoms with van der Waals surface area (Å²) < 4.78 is 0. The van der Waals surface area contributed by atoms with Gasteiger partial charge in [-0.05, 0) is 37.0 Å². The number of benzene rings is 1. The van der Waals surface area contributed by atoms with E-state index >= 15 is 0 Å². The monoisotopic (exact) mass is 240 g/mol. The average molecular weight is 241 g/mol. The zero-order valence-electron chi connectivity index (χ0n) is 8.29. The molecule has 3 N–H and O–H groups in total. The SMILES string of the molecule is NC(=S)c1ccc(NCC2CC2)c(Cl)c1. The Kier molecular flexibility index (Phi) is 3.12. The second-order valence-electron chi connectivity index (χ2n) is 3.88. The van der Waals surface area contributed by atoms with Crippen molar-refractivity contribution in [2.24, 2.45) is 11.7 Å².